The topological polar surface area (TPSA) is 17.1 Å². The number of halogens is 2. The van der Waals surface area contributed by atoms with E-state index in [-0.39, 0.29) is 5.78 Å². The van der Waals surface area contributed by atoms with Crippen LogP contribution in [0.3, 0.4) is 0 Å². The zero-order valence-electron chi connectivity index (χ0n) is 7.84. The Kier molecular flexibility index (Phi) is 2.47. The molecule has 0 radical (unpaired) electrons. The summed E-state index contributed by atoms with van der Waals surface area (Å²) in [7, 11) is 0. The molecule has 1 nitrogen and oxygen atoms in total. The monoisotopic (exact) mass is 374 g/mol. The fourth-order valence-corrected chi connectivity index (χ4v) is 4.91. The summed E-state index contributed by atoms with van der Waals surface area (Å²) in [6.07, 6.45) is 0. The van der Waals surface area contributed by atoms with Gasteiger partial charge in [-0.1, -0.05) is 6.58 Å². The van der Waals surface area contributed by atoms with Crippen molar-refractivity contribution in [3.05, 3.63) is 47.2 Å². The van der Waals surface area contributed by atoms with E-state index in [1.54, 1.807) is 11.3 Å². The van der Waals surface area contributed by atoms with Crippen LogP contribution in [0.2, 0.25) is 0 Å². The van der Waals surface area contributed by atoms with Gasteiger partial charge in [0, 0.05) is 16.0 Å². The zero-order chi connectivity index (χ0) is 11.4. The lowest BCUT2D eigenvalue weighted by atomic mass is 9.94. The minimum Gasteiger partial charge on any atom is -0.288 e. The highest BCUT2D eigenvalue weighted by molar-refractivity contribution is 9.11. The second kappa shape index (κ2) is 3.63. The molecule has 0 saturated heterocycles. The first-order valence-corrected chi connectivity index (χ1v) is 7.63. The fourth-order valence-electron chi connectivity index (χ4n) is 1.75. The van der Waals surface area contributed by atoms with E-state index < -0.39 is 0 Å². The quantitative estimate of drug-likeness (QED) is 0.543. The van der Waals surface area contributed by atoms with Gasteiger partial charge >= 0.3 is 0 Å². The first-order chi connectivity index (χ1) is 7.58. The number of ketones is 1. The Hall–Kier alpha value is -0.230. The molecule has 5 heteroatoms. The van der Waals surface area contributed by atoms with E-state index in [0.717, 1.165) is 34.0 Å². The van der Waals surface area contributed by atoms with E-state index in [4.69, 9.17) is 0 Å². The predicted octanol–water partition coefficient (Wildman–Crippen LogP) is 4.94. The van der Waals surface area contributed by atoms with Crippen LogP contribution in [-0.4, -0.2) is 5.78 Å². The highest BCUT2D eigenvalue weighted by Gasteiger charge is 2.30. The molecule has 0 aliphatic heterocycles. The third kappa shape index (κ3) is 1.42. The van der Waals surface area contributed by atoms with Crippen molar-refractivity contribution in [2.45, 2.75) is 0 Å². The highest BCUT2D eigenvalue weighted by atomic mass is 79.9. The van der Waals surface area contributed by atoms with Crippen LogP contribution in [0.5, 0.6) is 0 Å². The summed E-state index contributed by atoms with van der Waals surface area (Å²) in [6.45, 7) is 4.08. The number of fused-ring (bicyclic) bond motifs is 2. The van der Waals surface area contributed by atoms with Gasteiger partial charge in [0.2, 0.25) is 5.78 Å². The third-order valence-electron chi connectivity index (χ3n) is 2.45. The Labute approximate surface area is 117 Å². The largest absolute Gasteiger partial charge is 0.288 e. The smallest absolute Gasteiger partial charge is 0.205 e. The number of hydrogen-bond acceptors (Lipinski definition) is 3. The molecule has 0 N–H and O–H groups in total. The molecule has 0 saturated carbocycles. The first kappa shape index (κ1) is 10.9. The number of hydrogen-bond donors (Lipinski definition) is 0. The number of thiophene rings is 2. The lowest BCUT2D eigenvalue weighted by Crippen LogP contribution is -2.08. The maximum atomic E-state index is 12.2. The summed E-state index contributed by atoms with van der Waals surface area (Å²) in [6, 6.07) is 3.85. The summed E-state index contributed by atoms with van der Waals surface area (Å²) in [4.78, 5) is 14.0. The van der Waals surface area contributed by atoms with Crippen LogP contribution in [0.1, 0.15) is 25.7 Å². The van der Waals surface area contributed by atoms with Gasteiger partial charge in [-0.3, -0.25) is 4.79 Å². The van der Waals surface area contributed by atoms with Crippen LogP contribution in [-0.2, 0) is 0 Å². The zero-order valence-corrected chi connectivity index (χ0v) is 12.6. The van der Waals surface area contributed by atoms with Gasteiger partial charge in [0.1, 0.15) is 0 Å². The van der Waals surface area contributed by atoms with Crippen LogP contribution in [0.25, 0.3) is 5.57 Å². The van der Waals surface area contributed by atoms with Crippen molar-refractivity contribution in [1.82, 2.24) is 0 Å². The molecule has 1 aliphatic carbocycles. The van der Waals surface area contributed by atoms with Gasteiger partial charge < -0.3 is 0 Å². The Morgan fingerprint density at radius 1 is 1.00 bits per heavy atom. The third-order valence-corrected chi connectivity index (χ3v) is 5.79. The Balaban J connectivity index is 2.32. The van der Waals surface area contributed by atoms with Gasteiger partial charge in [0.05, 0.1) is 12.4 Å². The molecule has 0 atom stereocenters. The molecular formula is C11H4Br2OS2. The molecule has 0 amide bonds. The molecule has 3 rings (SSSR count). The number of carbonyl (C=O) groups excluding carboxylic acids is 1. The first-order valence-electron chi connectivity index (χ1n) is 4.41. The van der Waals surface area contributed by atoms with Gasteiger partial charge in [0.25, 0.3) is 0 Å². The molecular weight excluding hydrogens is 372 g/mol. The fraction of sp³-hybridized carbons (Fsp3) is 0. The predicted molar refractivity (Wildman–Crippen MR) is 75.6 cm³/mol. The molecule has 0 unspecified atom stereocenters. The van der Waals surface area contributed by atoms with Crippen LogP contribution in [0.15, 0.2) is 26.3 Å². The molecule has 0 spiro atoms. The minimum atomic E-state index is 0.107. The average molecular weight is 376 g/mol. The standard InChI is InChI=1S/C11H4Br2OS2/c1-4-5-2-7(12)16-11(5)9(14)6-3-8(13)15-10(4)6/h2-3H,1H2. The van der Waals surface area contributed by atoms with Crippen molar-refractivity contribution < 1.29 is 4.79 Å². The Morgan fingerprint density at radius 3 is 2.25 bits per heavy atom. The summed E-state index contributed by atoms with van der Waals surface area (Å²) in [5.41, 5.74) is 2.68. The lowest BCUT2D eigenvalue weighted by Gasteiger charge is -2.12. The van der Waals surface area contributed by atoms with Gasteiger partial charge in [-0.25, -0.2) is 0 Å². The van der Waals surface area contributed by atoms with Crippen molar-refractivity contribution in [3.8, 4) is 0 Å². The summed E-state index contributed by atoms with van der Waals surface area (Å²) < 4.78 is 1.95. The highest BCUT2D eigenvalue weighted by Crippen LogP contribution is 2.45. The maximum absolute atomic E-state index is 12.2. The van der Waals surface area contributed by atoms with Crippen LogP contribution in [0.4, 0.5) is 0 Å². The molecule has 0 bridgehead atoms. The van der Waals surface area contributed by atoms with E-state index in [1.165, 1.54) is 11.3 Å². The van der Waals surface area contributed by atoms with E-state index >= 15 is 0 Å². The van der Waals surface area contributed by atoms with Crippen molar-refractivity contribution in [3.63, 3.8) is 0 Å². The Morgan fingerprint density at radius 2 is 1.56 bits per heavy atom. The summed E-state index contributed by atoms with van der Waals surface area (Å²) >= 11 is 9.86. The van der Waals surface area contributed by atoms with E-state index in [0.29, 0.717) is 0 Å². The molecule has 16 heavy (non-hydrogen) atoms. The second-order valence-electron chi connectivity index (χ2n) is 3.39. The normalized spacial score (nSPS) is 13.9. The molecule has 2 aromatic rings. The van der Waals surface area contributed by atoms with Gasteiger partial charge in [-0.15, -0.1) is 22.7 Å². The van der Waals surface area contributed by atoms with Crippen molar-refractivity contribution in [2.24, 2.45) is 0 Å². The number of rotatable bonds is 0. The maximum Gasteiger partial charge on any atom is 0.205 e. The van der Waals surface area contributed by atoms with E-state index in [9.17, 15) is 4.79 Å². The molecule has 1 aliphatic rings. The Bertz CT molecular complexity index is 533. The van der Waals surface area contributed by atoms with Gasteiger partial charge in [0.15, 0.2) is 0 Å². The van der Waals surface area contributed by atoms with Crippen LogP contribution >= 0.6 is 54.5 Å². The average Bonchev–Trinajstić information content (AvgIpc) is 2.78. The molecule has 80 valence electrons. The molecule has 2 heterocycles. The summed E-state index contributed by atoms with van der Waals surface area (Å²) in [5, 5.41) is 0. The van der Waals surface area contributed by atoms with Crippen molar-refractivity contribution in [2.75, 3.05) is 0 Å². The van der Waals surface area contributed by atoms with Crippen molar-refractivity contribution >= 4 is 65.9 Å². The SMILES string of the molecule is C=C1c2cc(Br)sc2C(=O)c2cc(Br)sc21. The molecule has 2 aromatic heterocycles. The second-order valence-corrected chi connectivity index (χ2v) is 8.26. The van der Waals surface area contributed by atoms with E-state index in [2.05, 4.69) is 38.4 Å². The molecule has 0 aromatic carbocycles. The van der Waals surface area contributed by atoms with Crippen LogP contribution < -0.4 is 0 Å². The number of carbonyl (C=O) groups is 1. The minimum absolute atomic E-state index is 0.107. The van der Waals surface area contributed by atoms with Crippen LogP contribution in [0, 0.1) is 0 Å². The van der Waals surface area contributed by atoms with Gasteiger partial charge in [-0.2, -0.15) is 0 Å². The summed E-state index contributed by atoms with van der Waals surface area (Å²) in [5.74, 6) is 0.107. The lowest BCUT2D eigenvalue weighted by molar-refractivity contribution is 0.104. The van der Waals surface area contributed by atoms with Gasteiger partial charge in [-0.05, 0) is 49.6 Å². The molecule has 0 fully saturated rings. The van der Waals surface area contributed by atoms with E-state index in [1.807, 2.05) is 12.1 Å². The van der Waals surface area contributed by atoms with Crippen molar-refractivity contribution in [1.29, 1.82) is 0 Å².